The van der Waals surface area contributed by atoms with Crippen molar-refractivity contribution in [3.63, 3.8) is 0 Å². The van der Waals surface area contributed by atoms with E-state index in [4.69, 9.17) is 21.1 Å². The van der Waals surface area contributed by atoms with E-state index in [1.54, 1.807) is 42.5 Å². The number of hydrogen-bond acceptors (Lipinski definition) is 4. The van der Waals surface area contributed by atoms with E-state index in [-0.39, 0.29) is 6.61 Å². The van der Waals surface area contributed by atoms with Crippen LogP contribution < -0.4 is 20.3 Å². The highest BCUT2D eigenvalue weighted by atomic mass is 79.9. The standard InChI is InChI=1S/C19H20BrClN2O4/c1-12(2)10-26-16-6-4-3-5-14(16)19(25)23-22-18(24)11-27-17-8-7-13(20)9-15(17)21/h3-9,12H,10-11H2,1-2H3,(H,22,24)(H,23,25). The number of para-hydroxylation sites is 1. The number of halogens is 2. The molecular formula is C19H20BrClN2O4. The second-order valence-electron chi connectivity index (χ2n) is 6.07. The van der Waals surface area contributed by atoms with Crippen LogP contribution in [-0.4, -0.2) is 25.0 Å². The largest absolute Gasteiger partial charge is 0.492 e. The Bertz CT molecular complexity index is 814. The Kier molecular flexibility index (Phi) is 7.94. The smallest absolute Gasteiger partial charge is 0.276 e. The molecule has 0 unspecified atom stereocenters. The molecule has 0 aliphatic rings. The van der Waals surface area contributed by atoms with Crippen LogP contribution in [0.25, 0.3) is 0 Å². The van der Waals surface area contributed by atoms with Gasteiger partial charge in [-0.2, -0.15) is 0 Å². The van der Waals surface area contributed by atoms with Crippen LogP contribution in [0.1, 0.15) is 24.2 Å². The van der Waals surface area contributed by atoms with Gasteiger partial charge in [0.1, 0.15) is 11.5 Å². The summed E-state index contributed by atoms with van der Waals surface area (Å²) in [6.07, 6.45) is 0. The van der Waals surface area contributed by atoms with Crippen molar-refractivity contribution in [2.75, 3.05) is 13.2 Å². The minimum absolute atomic E-state index is 0.298. The molecule has 6 nitrogen and oxygen atoms in total. The molecular weight excluding hydrogens is 436 g/mol. The van der Waals surface area contributed by atoms with Crippen LogP contribution in [0.3, 0.4) is 0 Å². The molecule has 0 aliphatic carbocycles. The van der Waals surface area contributed by atoms with Crippen LogP contribution in [0.2, 0.25) is 5.02 Å². The van der Waals surface area contributed by atoms with Crippen LogP contribution in [0.4, 0.5) is 0 Å². The van der Waals surface area contributed by atoms with Crippen LogP contribution in [0.15, 0.2) is 46.9 Å². The first kappa shape index (κ1) is 21.1. The number of benzene rings is 2. The highest BCUT2D eigenvalue weighted by Gasteiger charge is 2.14. The molecule has 0 saturated carbocycles. The zero-order valence-electron chi connectivity index (χ0n) is 14.9. The summed E-state index contributed by atoms with van der Waals surface area (Å²) in [4.78, 5) is 24.2. The maximum Gasteiger partial charge on any atom is 0.276 e. The van der Waals surface area contributed by atoms with Gasteiger partial charge in [0.05, 0.1) is 17.2 Å². The molecule has 0 aliphatic heterocycles. The average Bonchev–Trinajstić information content (AvgIpc) is 2.64. The number of rotatable bonds is 7. The number of hydrogen-bond donors (Lipinski definition) is 2. The van der Waals surface area contributed by atoms with E-state index in [1.165, 1.54) is 0 Å². The minimum atomic E-state index is -0.525. The van der Waals surface area contributed by atoms with Gasteiger partial charge in [0.25, 0.3) is 11.8 Å². The van der Waals surface area contributed by atoms with Crippen molar-refractivity contribution in [1.29, 1.82) is 0 Å². The predicted octanol–water partition coefficient (Wildman–Crippen LogP) is 3.98. The molecule has 2 aromatic carbocycles. The molecule has 2 rings (SSSR count). The molecule has 0 aromatic heterocycles. The zero-order valence-corrected chi connectivity index (χ0v) is 17.3. The fourth-order valence-electron chi connectivity index (χ4n) is 2.00. The van der Waals surface area contributed by atoms with Gasteiger partial charge in [-0.3, -0.25) is 20.4 Å². The summed E-state index contributed by atoms with van der Waals surface area (Å²) in [7, 11) is 0. The first-order valence-electron chi connectivity index (χ1n) is 8.25. The lowest BCUT2D eigenvalue weighted by Gasteiger charge is -2.13. The summed E-state index contributed by atoms with van der Waals surface area (Å²) in [5.41, 5.74) is 4.98. The van der Waals surface area contributed by atoms with Crippen molar-refractivity contribution in [2.24, 2.45) is 5.92 Å². The van der Waals surface area contributed by atoms with E-state index >= 15 is 0 Å². The minimum Gasteiger partial charge on any atom is -0.492 e. The molecule has 0 radical (unpaired) electrons. The molecule has 144 valence electrons. The van der Waals surface area contributed by atoms with E-state index in [2.05, 4.69) is 26.8 Å². The Balaban J connectivity index is 1.87. The van der Waals surface area contributed by atoms with Gasteiger partial charge in [-0.05, 0) is 36.2 Å². The normalized spacial score (nSPS) is 10.4. The molecule has 0 saturated heterocycles. The lowest BCUT2D eigenvalue weighted by atomic mass is 10.2. The SMILES string of the molecule is CC(C)COc1ccccc1C(=O)NNC(=O)COc1ccc(Br)cc1Cl. The lowest BCUT2D eigenvalue weighted by molar-refractivity contribution is -0.123. The van der Waals surface area contributed by atoms with Crippen molar-refractivity contribution in [2.45, 2.75) is 13.8 Å². The van der Waals surface area contributed by atoms with Crippen molar-refractivity contribution in [3.05, 3.63) is 57.5 Å². The molecule has 0 heterocycles. The molecule has 0 atom stereocenters. The summed E-state index contributed by atoms with van der Waals surface area (Å²) in [6.45, 7) is 4.22. The second-order valence-corrected chi connectivity index (χ2v) is 7.39. The van der Waals surface area contributed by atoms with Gasteiger partial charge < -0.3 is 9.47 Å². The van der Waals surface area contributed by atoms with Gasteiger partial charge in [-0.15, -0.1) is 0 Å². The number of carbonyl (C=O) groups excluding carboxylic acids is 2. The van der Waals surface area contributed by atoms with Gasteiger partial charge in [0.2, 0.25) is 0 Å². The van der Waals surface area contributed by atoms with Crippen LogP contribution in [0.5, 0.6) is 11.5 Å². The fourth-order valence-corrected chi connectivity index (χ4v) is 2.73. The number of ether oxygens (including phenoxy) is 2. The lowest BCUT2D eigenvalue weighted by Crippen LogP contribution is -2.44. The third-order valence-corrected chi connectivity index (χ3v) is 4.06. The van der Waals surface area contributed by atoms with Crippen LogP contribution in [-0.2, 0) is 4.79 Å². The van der Waals surface area contributed by atoms with Gasteiger partial charge in [0.15, 0.2) is 6.61 Å². The molecule has 27 heavy (non-hydrogen) atoms. The molecule has 0 fully saturated rings. The Morgan fingerprint density at radius 1 is 1.07 bits per heavy atom. The average molecular weight is 456 g/mol. The Hall–Kier alpha value is -2.25. The summed E-state index contributed by atoms with van der Waals surface area (Å²) in [5.74, 6) is 0.139. The van der Waals surface area contributed by atoms with Crippen LogP contribution >= 0.6 is 27.5 Å². The topological polar surface area (TPSA) is 76.7 Å². The monoisotopic (exact) mass is 454 g/mol. The highest BCUT2D eigenvalue weighted by Crippen LogP contribution is 2.27. The maximum absolute atomic E-state index is 12.3. The Morgan fingerprint density at radius 2 is 1.81 bits per heavy atom. The quantitative estimate of drug-likeness (QED) is 0.619. The first-order chi connectivity index (χ1) is 12.9. The second kappa shape index (κ2) is 10.2. The summed E-state index contributed by atoms with van der Waals surface area (Å²) < 4.78 is 11.8. The van der Waals surface area contributed by atoms with Gasteiger partial charge in [-0.1, -0.05) is 53.5 Å². The van der Waals surface area contributed by atoms with E-state index < -0.39 is 11.8 Å². The Labute approximate surface area is 171 Å². The zero-order chi connectivity index (χ0) is 19.8. The van der Waals surface area contributed by atoms with E-state index in [9.17, 15) is 9.59 Å². The van der Waals surface area contributed by atoms with Crippen molar-refractivity contribution in [3.8, 4) is 11.5 Å². The molecule has 0 spiro atoms. The van der Waals surface area contributed by atoms with E-state index in [1.807, 2.05) is 13.8 Å². The summed E-state index contributed by atoms with van der Waals surface area (Å²) in [6, 6.07) is 11.9. The van der Waals surface area contributed by atoms with Gasteiger partial charge in [-0.25, -0.2) is 0 Å². The molecule has 2 N–H and O–H groups in total. The number of amides is 2. The van der Waals surface area contributed by atoms with Crippen molar-refractivity contribution in [1.82, 2.24) is 10.9 Å². The number of hydrazine groups is 1. The molecule has 2 amide bonds. The third kappa shape index (κ3) is 6.77. The summed E-state index contributed by atoms with van der Waals surface area (Å²) >= 11 is 9.31. The van der Waals surface area contributed by atoms with Crippen molar-refractivity contribution < 1.29 is 19.1 Å². The van der Waals surface area contributed by atoms with Gasteiger partial charge in [0, 0.05) is 4.47 Å². The van der Waals surface area contributed by atoms with Crippen molar-refractivity contribution >= 4 is 39.3 Å². The highest BCUT2D eigenvalue weighted by molar-refractivity contribution is 9.10. The number of nitrogens with one attached hydrogen (secondary N) is 2. The third-order valence-electron chi connectivity index (χ3n) is 3.27. The van der Waals surface area contributed by atoms with Gasteiger partial charge >= 0.3 is 0 Å². The van der Waals surface area contributed by atoms with Crippen LogP contribution in [0, 0.1) is 5.92 Å². The molecule has 2 aromatic rings. The number of carbonyl (C=O) groups is 2. The first-order valence-corrected chi connectivity index (χ1v) is 9.42. The summed E-state index contributed by atoms with van der Waals surface area (Å²) in [5, 5.41) is 0.373. The van der Waals surface area contributed by atoms with E-state index in [0.29, 0.717) is 34.6 Å². The molecule has 0 bridgehead atoms. The fraction of sp³-hybridized carbons (Fsp3) is 0.263. The predicted molar refractivity (Wildman–Crippen MR) is 107 cm³/mol. The van der Waals surface area contributed by atoms with E-state index in [0.717, 1.165) is 4.47 Å². The molecule has 8 heteroatoms. The Morgan fingerprint density at radius 3 is 2.52 bits per heavy atom. The maximum atomic E-state index is 12.3.